The van der Waals surface area contributed by atoms with Crippen LogP contribution >= 0.6 is 0 Å². The molecule has 2 heteroatoms. The molecule has 0 saturated carbocycles. The number of rotatable bonds is 4. The molecule has 0 saturated heterocycles. The van der Waals surface area contributed by atoms with Gasteiger partial charge in [0, 0.05) is 0 Å². The lowest BCUT2D eigenvalue weighted by atomic mass is 9.86. The fraction of sp³-hybridized carbons (Fsp3) is 0.412. The minimum Gasteiger partial charge on any atom is -0.388 e. The van der Waals surface area contributed by atoms with Crippen LogP contribution in [0.25, 0.3) is 10.8 Å². The third-order valence-electron chi connectivity index (χ3n) is 3.67. The fourth-order valence-corrected chi connectivity index (χ4v) is 2.55. The van der Waals surface area contributed by atoms with Crippen LogP contribution in [0.2, 0.25) is 0 Å². The van der Waals surface area contributed by atoms with Gasteiger partial charge in [0.2, 0.25) is 0 Å². The minimum absolute atomic E-state index is 0.362. The summed E-state index contributed by atoms with van der Waals surface area (Å²) in [7, 11) is 0. The molecule has 0 heterocycles. The standard InChI is InChI=1S/C17H23NO/c1-4-7-14-13-9-6-5-8-12(13)10-11-15(14)16(18)17(2,3)19/h5-6,8-11,16,19H,4,7,18H2,1-3H3. The van der Waals surface area contributed by atoms with Gasteiger partial charge in [-0.15, -0.1) is 0 Å². The molecule has 0 fully saturated rings. The van der Waals surface area contributed by atoms with Crippen LogP contribution in [0, 0.1) is 0 Å². The molecule has 102 valence electrons. The van der Waals surface area contributed by atoms with Crippen LogP contribution in [0.4, 0.5) is 0 Å². The largest absolute Gasteiger partial charge is 0.388 e. The molecule has 2 rings (SSSR count). The van der Waals surface area contributed by atoms with E-state index in [4.69, 9.17) is 5.73 Å². The maximum atomic E-state index is 10.2. The Morgan fingerprint density at radius 2 is 1.84 bits per heavy atom. The number of hydrogen-bond acceptors (Lipinski definition) is 2. The molecule has 0 amide bonds. The molecule has 2 nitrogen and oxygen atoms in total. The Kier molecular flexibility index (Phi) is 3.93. The molecule has 3 N–H and O–H groups in total. The Bertz CT molecular complexity index is 569. The third kappa shape index (κ3) is 2.80. The summed E-state index contributed by atoms with van der Waals surface area (Å²) in [5.74, 6) is 0. The first-order valence-electron chi connectivity index (χ1n) is 6.93. The van der Waals surface area contributed by atoms with E-state index in [2.05, 4.69) is 37.3 Å². The average Bonchev–Trinajstić information content (AvgIpc) is 2.37. The zero-order valence-electron chi connectivity index (χ0n) is 12.0. The van der Waals surface area contributed by atoms with Crippen molar-refractivity contribution < 1.29 is 5.11 Å². The van der Waals surface area contributed by atoms with E-state index in [0.717, 1.165) is 18.4 Å². The Morgan fingerprint density at radius 1 is 1.16 bits per heavy atom. The molecule has 0 aliphatic rings. The summed E-state index contributed by atoms with van der Waals surface area (Å²) in [6.45, 7) is 5.70. The molecule has 0 radical (unpaired) electrons. The van der Waals surface area contributed by atoms with Gasteiger partial charge in [-0.25, -0.2) is 0 Å². The molecule has 1 unspecified atom stereocenters. The molecule has 0 aliphatic heterocycles. The lowest BCUT2D eigenvalue weighted by molar-refractivity contribution is 0.0515. The summed E-state index contributed by atoms with van der Waals surface area (Å²) in [5, 5.41) is 12.7. The molecule has 19 heavy (non-hydrogen) atoms. The van der Waals surface area contributed by atoms with Crippen molar-refractivity contribution in [1.82, 2.24) is 0 Å². The molecular formula is C17H23NO. The zero-order chi connectivity index (χ0) is 14.0. The highest BCUT2D eigenvalue weighted by Gasteiger charge is 2.26. The normalized spacial score (nSPS) is 13.7. The van der Waals surface area contributed by atoms with Crippen molar-refractivity contribution in [2.45, 2.75) is 45.3 Å². The van der Waals surface area contributed by atoms with E-state index in [9.17, 15) is 5.11 Å². The van der Waals surface area contributed by atoms with Gasteiger partial charge in [0.15, 0.2) is 0 Å². The van der Waals surface area contributed by atoms with Crippen LogP contribution in [-0.2, 0) is 6.42 Å². The summed E-state index contributed by atoms with van der Waals surface area (Å²) in [6, 6.07) is 12.2. The van der Waals surface area contributed by atoms with Crippen molar-refractivity contribution in [2.24, 2.45) is 5.73 Å². The smallest absolute Gasteiger partial charge is 0.0783 e. The summed E-state index contributed by atoms with van der Waals surface area (Å²) in [5.41, 5.74) is 7.67. The van der Waals surface area contributed by atoms with Crippen LogP contribution in [0.3, 0.4) is 0 Å². The number of benzene rings is 2. The van der Waals surface area contributed by atoms with Gasteiger partial charge in [-0.2, -0.15) is 0 Å². The van der Waals surface area contributed by atoms with Gasteiger partial charge >= 0.3 is 0 Å². The summed E-state index contributed by atoms with van der Waals surface area (Å²) in [4.78, 5) is 0. The van der Waals surface area contributed by atoms with Gasteiger partial charge in [0.05, 0.1) is 11.6 Å². The number of aliphatic hydroxyl groups is 1. The van der Waals surface area contributed by atoms with Crippen LogP contribution in [0.5, 0.6) is 0 Å². The first-order valence-corrected chi connectivity index (χ1v) is 6.93. The monoisotopic (exact) mass is 257 g/mol. The predicted molar refractivity (Wildman–Crippen MR) is 81.2 cm³/mol. The zero-order valence-corrected chi connectivity index (χ0v) is 12.0. The Morgan fingerprint density at radius 3 is 2.47 bits per heavy atom. The van der Waals surface area contributed by atoms with E-state index in [1.807, 2.05) is 6.07 Å². The lowest BCUT2D eigenvalue weighted by Crippen LogP contribution is -2.35. The molecule has 2 aromatic carbocycles. The van der Waals surface area contributed by atoms with Crippen LogP contribution in [-0.4, -0.2) is 10.7 Å². The van der Waals surface area contributed by atoms with Crippen molar-refractivity contribution in [1.29, 1.82) is 0 Å². The molecule has 0 aromatic heterocycles. The number of hydrogen-bond donors (Lipinski definition) is 2. The van der Waals surface area contributed by atoms with Gasteiger partial charge < -0.3 is 10.8 Å². The molecule has 0 spiro atoms. The highest BCUT2D eigenvalue weighted by atomic mass is 16.3. The maximum Gasteiger partial charge on any atom is 0.0783 e. The average molecular weight is 257 g/mol. The van der Waals surface area contributed by atoms with Crippen molar-refractivity contribution in [3.8, 4) is 0 Å². The van der Waals surface area contributed by atoms with E-state index >= 15 is 0 Å². The molecule has 0 aliphatic carbocycles. The highest BCUT2D eigenvalue weighted by Crippen LogP contribution is 2.31. The van der Waals surface area contributed by atoms with Gasteiger partial charge in [-0.05, 0) is 42.2 Å². The highest BCUT2D eigenvalue weighted by molar-refractivity contribution is 5.87. The number of aryl methyl sites for hydroxylation is 1. The van der Waals surface area contributed by atoms with Gasteiger partial charge in [-0.1, -0.05) is 49.7 Å². The lowest BCUT2D eigenvalue weighted by Gasteiger charge is -2.28. The van der Waals surface area contributed by atoms with Crippen molar-refractivity contribution in [2.75, 3.05) is 0 Å². The number of fused-ring (bicyclic) bond motifs is 1. The van der Waals surface area contributed by atoms with E-state index in [-0.39, 0.29) is 6.04 Å². The second-order valence-corrected chi connectivity index (χ2v) is 5.74. The van der Waals surface area contributed by atoms with Crippen LogP contribution in [0.1, 0.15) is 44.4 Å². The minimum atomic E-state index is -0.912. The second kappa shape index (κ2) is 5.32. The van der Waals surface area contributed by atoms with Crippen LogP contribution in [0.15, 0.2) is 36.4 Å². The van der Waals surface area contributed by atoms with Crippen molar-refractivity contribution >= 4 is 10.8 Å². The maximum absolute atomic E-state index is 10.2. The summed E-state index contributed by atoms with van der Waals surface area (Å²) < 4.78 is 0. The van der Waals surface area contributed by atoms with Gasteiger partial charge in [-0.3, -0.25) is 0 Å². The quantitative estimate of drug-likeness (QED) is 0.879. The van der Waals surface area contributed by atoms with Crippen molar-refractivity contribution in [3.63, 3.8) is 0 Å². The first-order chi connectivity index (χ1) is 8.95. The topological polar surface area (TPSA) is 46.2 Å². The van der Waals surface area contributed by atoms with E-state index in [1.54, 1.807) is 13.8 Å². The Balaban J connectivity index is 2.64. The van der Waals surface area contributed by atoms with Crippen molar-refractivity contribution in [3.05, 3.63) is 47.5 Å². The third-order valence-corrected chi connectivity index (χ3v) is 3.67. The van der Waals surface area contributed by atoms with E-state index in [1.165, 1.54) is 16.3 Å². The Labute approximate surface area is 115 Å². The fourth-order valence-electron chi connectivity index (χ4n) is 2.55. The van der Waals surface area contributed by atoms with Gasteiger partial charge in [0.1, 0.15) is 0 Å². The predicted octanol–water partition coefficient (Wildman–Crippen LogP) is 3.56. The first kappa shape index (κ1) is 14.0. The SMILES string of the molecule is CCCc1c(C(N)C(C)(C)O)ccc2ccccc12. The second-order valence-electron chi connectivity index (χ2n) is 5.74. The van der Waals surface area contributed by atoms with E-state index < -0.39 is 5.60 Å². The van der Waals surface area contributed by atoms with Crippen LogP contribution < -0.4 is 5.73 Å². The molecule has 0 bridgehead atoms. The van der Waals surface area contributed by atoms with E-state index in [0.29, 0.717) is 0 Å². The van der Waals surface area contributed by atoms with Gasteiger partial charge in [0.25, 0.3) is 0 Å². The molecular weight excluding hydrogens is 234 g/mol. The molecule has 1 atom stereocenters. The number of nitrogens with two attached hydrogens (primary N) is 1. The molecule has 2 aromatic rings. The summed E-state index contributed by atoms with van der Waals surface area (Å²) in [6.07, 6.45) is 2.06. The Hall–Kier alpha value is -1.38. The summed E-state index contributed by atoms with van der Waals surface area (Å²) >= 11 is 0.